The van der Waals surface area contributed by atoms with E-state index >= 15 is 0 Å². The highest BCUT2D eigenvalue weighted by Crippen LogP contribution is 2.30. The van der Waals surface area contributed by atoms with Gasteiger partial charge in [0.1, 0.15) is 0 Å². The number of piperazine rings is 1. The Bertz CT molecular complexity index is 217. The molecule has 1 aliphatic heterocycles. The standard InChI is InChI=1S/C13H27N3/c1-13(2,16-8-6-14-7-9-16)11-15(3)10-12-4-5-12/h12,14H,4-11H2,1-3H3. The van der Waals surface area contributed by atoms with Crippen molar-refractivity contribution in [3.63, 3.8) is 0 Å². The molecule has 1 heterocycles. The summed E-state index contributed by atoms with van der Waals surface area (Å²) in [5.41, 5.74) is 0.325. The van der Waals surface area contributed by atoms with Crippen LogP contribution in [0, 0.1) is 5.92 Å². The predicted molar refractivity (Wildman–Crippen MR) is 68.7 cm³/mol. The molecule has 3 heteroatoms. The molecule has 1 aliphatic carbocycles. The summed E-state index contributed by atoms with van der Waals surface area (Å²) < 4.78 is 0. The maximum Gasteiger partial charge on any atom is 0.0281 e. The van der Waals surface area contributed by atoms with E-state index in [1.54, 1.807) is 0 Å². The second-order valence-corrected chi connectivity index (χ2v) is 6.19. The molecule has 1 saturated carbocycles. The smallest absolute Gasteiger partial charge is 0.0281 e. The normalized spacial score (nSPS) is 24.0. The summed E-state index contributed by atoms with van der Waals surface area (Å²) in [4.78, 5) is 5.16. The Morgan fingerprint density at radius 2 is 1.88 bits per heavy atom. The molecule has 0 bridgehead atoms. The molecule has 0 unspecified atom stereocenters. The van der Waals surface area contributed by atoms with Crippen molar-refractivity contribution in [3.05, 3.63) is 0 Å². The van der Waals surface area contributed by atoms with Gasteiger partial charge in [0.05, 0.1) is 0 Å². The molecule has 2 rings (SSSR count). The van der Waals surface area contributed by atoms with Crippen molar-refractivity contribution < 1.29 is 0 Å². The zero-order valence-electron chi connectivity index (χ0n) is 11.1. The van der Waals surface area contributed by atoms with Gasteiger partial charge in [-0.1, -0.05) is 0 Å². The molecule has 0 amide bonds. The Morgan fingerprint density at radius 3 is 2.44 bits per heavy atom. The summed E-state index contributed by atoms with van der Waals surface area (Å²) in [7, 11) is 2.28. The molecule has 1 saturated heterocycles. The van der Waals surface area contributed by atoms with Gasteiger partial charge in [0.25, 0.3) is 0 Å². The van der Waals surface area contributed by atoms with Gasteiger partial charge in [0.2, 0.25) is 0 Å². The van der Waals surface area contributed by atoms with Crippen LogP contribution in [0.5, 0.6) is 0 Å². The topological polar surface area (TPSA) is 18.5 Å². The van der Waals surface area contributed by atoms with Gasteiger partial charge < -0.3 is 10.2 Å². The summed E-state index contributed by atoms with van der Waals surface area (Å²) >= 11 is 0. The molecule has 94 valence electrons. The van der Waals surface area contributed by atoms with Crippen molar-refractivity contribution in [3.8, 4) is 0 Å². The average Bonchev–Trinajstić information content (AvgIpc) is 3.02. The van der Waals surface area contributed by atoms with Gasteiger partial charge in [0, 0.05) is 44.8 Å². The van der Waals surface area contributed by atoms with E-state index in [0.717, 1.165) is 19.0 Å². The van der Waals surface area contributed by atoms with E-state index in [9.17, 15) is 0 Å². The third-order valence-electron chi connectivity index (χ3n) is 3.90. The predicted octanol–water partition coefficient (Wildman–Crippen LogP) is 1.01. The molecule has 0 atom stereocenters. The van der Waals surface area contributed by atoms with E-state index in [1.807, 2.05) is 0 Å². The highest BCUT2D eigenvalue weighted by Gasteiger charge is 2.30. The van der Waals surface area contributed by atoms with Crippen molar-refractivity contribution in [1.82, 2.24) is 15.1 Å². The Labute approximate surface area is 100 Å². The molecule has 2 fully saturated rings. The van der Waals surface area contributed by atoms with E-state index in [0.29, 0.717) is 5.54 Å². The van der Waals surface area contributed by atoms with Gasteiger partial charge in [-0.15, -0.1) is 0 Å². The van der Waals surface area contributed by atoms with Gasteiger partial charge in [-0.05, 0) is 39.7 Å². The van der Waals surface area contributed by atoms with Gasteiger partial charge in [-0.25, -0.2) is 0 Å². The van der Waals surface area contributed by atoms with Gasteiger partial charge >= 0.3 is 0 Å². The van der Waals surface area contributed by atoms with E-state index in [4.69, 9.17) is 0 Å². The Morgan fingerprint density at radius 1 is 1.25 bits per heavy atom. The lowest BCUT2D eigenvalue weighted by Crippen LogP contribution is -2.57. The monoisotopic (exact) mass is 225 g/mol. The zero-order chi connectivity index (χ0) is 11.6. The summed E-state index contributed by atoms with van der Waals surface area (Å²) in [6.07, 6.45) is 2.91. The van der Waals surface area contributed by atoms with Crippen LogP contribution in [0.4, 0.5) is 0 Å². The highest BCUT2D eigenvalue weighted by molar-refractivity contribution is 4.88. The summed E-state index contributed by atoms with van der Waals surface area (Å²) in [5.74, 6) is 1.00. The third kappa shape index (κ3) is 3.44. The minimum atomic E-state index is 0.325. The van der Waals surface area contributed by atoms with Crippen LogP contribution in [-0.2, 0) is 0 Å². The number of nitrogens with zero attached hydrogens (tertiary/aromatic N) is 2. The fourth-order valence-electron chi connectivity index (χ4n) is 2.84. The van der Waals surface area contributed by atoms with Crippen LogP contribution in [0.2, 0.25) is 0 Å². The van der Waals surface area contributed by atoms with Crippen LogP contribution < -0.4 is 5.32 Å². The lowest BCUT2D eigenvalue weighted by Gasteiger charge is -2.43. The summed E-state index contributed by atoms with van der Waals surface area (Å²) in [6, 6.07) is 0. The maximum atomic E-state index is 3.43. The molecule has 0 radical (unpaired) electrons. The molecule has 0 aromatic rings. The molecule has 3 nitrogen and oxygen atoms in total. The Balaban J connectivity index is 1.79. The summed E-state index contributed by atoms with van der Waals surface area (Å²) in [6.45, 7) is 12.0. The van der Waals surface area contributed by atoms with Gasteiger partial charge in [0.15, 0.2) is 0 Å². The lowest BCUT2D eigenvalue weighted by molar-refractivity contribution is 0.0701. The minimum Gasteiger partial charge on any atom is -0.314 e. The molecule has 1 N–H and O–H groups in total. The SMILES string of the molecule is CN(CC1CC1)CC(C)(C)N1CCNCC1. The molecular weight excluding hydrogens is 198 g/mol. The second-order valence-electron chi connectivity index (χ2n) is 6.19. The number of hydrogen-bond donors (Lipinski definition) is 1. The first-order chi connectivity index (χ1) is 7.58. The Kier molecular flexibility index (Phi) is 3.88. The van der Waals surface area contributed by atoms with E-state index in [1.165, 1.54) is 39.0 Å². The van der Waals surface area contributed by atoms with E-state index in [2.05, 4.69) is 36.0 Å². The molecule has 0 spiro atoms. The van der Waals surface area contributed by atoms with Crippen LogP contribution in [-0.4, -0.2) is 61.7 Å². The average molecular weight is 225 g/mol. The number of rotatable bonds is 5. The molecule has 16 heavy (non-hydrogen) atoms. The highest BCUT2D eigenvalue weighted by atomic mass is 15.3. The van der Waals surface area contributed by atoms with Crippen molar-refractivity contribution in [1.29, 1.82) is 0 Å². The first-order valence-corrected chi connectivity index (χ1v) is 6.72. The fourth-order valence-corrected chi connectivity index (χ4v) is 2.84. The first kappa shape index (κ1) is 12.3. The van der Waals surface area contributed by atoms with Crippen LogP contribution >= 0.6 is 0 Å². The maximum absolute atomic E-state index is 3.43. The number of hydrogen-bond acceptors (Lipinski definition) is 3. The van der Waals surface area contributed by atoms with Crippen molar-refractivity contribution in [2.24, 2.45) is 5.92 Å². The second kappa shape index (κ2) is 5.03. The van der Waals surface area contributed by atoms with Crippen molar-refractivity contribution in [2.75, 3.05) is 46.3 Å². The van der Waals surface area contributed by atoms with Crippen LogP contribution in [0.1, 0.15) is 26.7 Å². The van der Waals surface area contributed by atoms with Crippen LogP contribution in [0.25, 0.3) is 0 Å². The fraction of sp³-hybridized carbons (Fsp3) is 1.00. The van der Waals surface area contributed by atoms with E-state index in [-0.39, 0.29) is 0 Å². The Hall–Kier alpha value is -0.120. The third-order valence-corrected chi connectivity index (χ3v) is 3.90. The van der Waals surface area contributed by atoms with Crippen molar-refractivity contribution >= 4 is 0 Å². The van der Waals surface area contributed by atoms with Crippen molar-refractivity contribution in [2.45, 2.75) is 32.2 Å². The largest absolute Gasteiger partial charge is 0.314 e. The van der Waals surface area contributed by atoms with E-state index < -0.39 is 0 Å². The molecule has 2 aliphatic rings. The summed E-state index contributed by atoms with van der Waals surface area (Å²) in [5, 5.41) is 3.43. The van der Waals surface area contributed by atoms with Gasteiger partial charge in [-0.3, -0.25) is 4.90 Å². The zero-order valence-corrected chi connectivity index (χ0v) is 11.1. The minimum absolute atomic E-state index is 0.325. The lowest BCUT2D eigenvalue weighted by atomic mass is 10.0. The molecule has 0 aromatic heterocycles. The molecule has 0 aromatic carbocycles. The van der Waals surface area contributed by atoms with Gasteiger partial charge in [-0.2, -0.15) is 0 Å². The molecular formula is C13H27N3. The van der Waals surface area contributed by atoms with Crippen LogP contribution in [0.3, 0.4) is 0 Å². The number of nitrogens with one attached hydrogen (secondary N) is 1. The van der Waals surface area contributed by atoms with Crippen LogP contribution in [0.15, 0.2) is 0 Å². The first-order valence-electron chi connectivity index (χ1n) is 6.72. The quantitative estimate of drug-likeness (QED) is 0.753. The number of likely N-dealkylation sites (N-methyl/N-ethyl adjacent to an activating group) is 1.